The number of anilines is 1. The van der Waals surface area contributed by atoms with E-state index in [0.717, 1.165) is 28.8 Å². The van der Waals surface area contributed by atoms with Crippen LogP contribution < -0.4 is 14.8 Å². The number of nitrogens with one attached hydrogen (secondary N) is 2. The van der Waals surface area contributed by atoms with Crippen molar-refractivity contribution in [2.24, 2.45) is 0 Å². The molecule has 1 aliphatic heterocycles. The van der Waals surface area contributed by atoms with Crippen LogP contribution in [0.5, 0.6) is 5.88 Å². The molecule has 0 spiro atoms. The molecule has 0 fully saturated rings. The maximum absolute atomic E-state index is 13.2. The number of ether oxygens (including phenoxy) is 1. The van der Waals surface area contributed by atoms with Gasteiger partial charge in [0, 0.05) is 17.2 Å². The standard InChI is InChI=1S/C28H23F3N4O4S/c1-16-5-3-6-17(2)25(16)22-14-24-34-27(33-22)35-40(37,38)21-8-4-7-19(13-21)26(36)32-15-23(39-24)18-9-11-20(12-10-18)28(29,30)31/h3-14,23H,15H2,1-2H3,(H,32,36)(H,33,34,35). The van der Waals surface area contributed by atoms with Crippen LogP contribution >= 0.6 is 0 Å². The Morgan fingerprint density at radius 3 is 2.27 bits per heavy atom. The number of nitrogens with zero attached hydrogens (tertiary/aromatic N) is 2. The van der Waals surface area contributed by atoms with Gasteiger partial charge < -0.3 is 10.1 Å². The number of sulfonamides is 1. The topological polar surface area (TPSA) is 110 Å². The predicted molar refractivity (Wildman–Crippen MR) is 141 cm³/mol. The summed E-state index contributed by atoms with van der Waals surface area (Å²) in [5.74, 6) is -0.911. The lowest BCUT2D eigenvalue weighted by Gasteiger charge is -2.21. The first-order chi connectivity index (χ1) is 18.9. The number of benzene rings is 3. The minimum absolute atomic E-state index is 0.0459. The normalized spacial score (nSPS) is 16.8. The summed E-state index contributed by atoms with van der Waals surface area (Å²) in [7, 11) is -4.20. The maximum Gasteiger partial charge on any atom is 0.416 e. The molecule has 1 amide bonds. The third-order valence-electron chi connectivity index (χ3n) is 6.39. The highest BCUT2D eigenvalue weighted by molar-refractivity contribution is 7.92. The summed E-state index contributed by atoms with van der Waals surface area (Å²) in [6.07, 6.45) is -5.50. The molecule has 0 radical (unpaired) electrons. The molecule has 206 valence electrons. The van der Waals surface area contributed by atoms with Crippen LogP contribution in [0.25, 0.3) is 11.3 Å². The predicted octanol–water partition coefficient (Wildman–Crippen LogP) is 5.44. The second-order valence-corrected chi connectivity index (χ2v) is 10.9. The summed E-state index contributed by atoms with van der Waals surface area (Å²) in [4.78, 5) is 21.4. The Hall–Kier alpha value is -4.45. The monoisotopic (exact) mass is 568 g/mol. The van der Waals surface area contributed by atoms with E-state index in [0.29, 0.717) is 11.3 Å². The van der Waals surface area contributed by atoms with Crippen LogP contribution in [0, 0.1) is 13.8 Å². The molecule has 3 aromatic carbocycles. The summed E-state index contributed by atoms with van der Waals surface area (Å²) in [6, 6.07) is 16.9. The Labute approximate surface area is 228 Å². The van der Waals surface area contributed by atoms with Gasteiger partial charge in [-0.1, -0.05) is 36.4 Å². The van der Waals surface area contributed by atoms with Crippen LogP contribution in [0.2, 0.25) is 0 Å². The third-order valence-corrected chi connectivity index (χ3v) is 7.72. The summed E-state index contributed by atoms with van der Waals surface area (Å²) in [6.45, 7) is 3.61. The van der Waals surface area contributed by atoms with Gasteiger partial charge in [0.15, 0.2) is 0 Å². The zero-order chi connectivity index (χ0) is 28.7. The number of fused-ring (bicyclic) bond motifs is 4. The molecule has 1 aromatic heterocycles. The molecule has 8 nitrogen and oxygen atoms in total. The summed E-state index contributed by atoms with van der Waals surface area (Å²) < 4.78 is 74.4. The van der Waals surface area contributed by atoms with E-state index in [9.17, 15) is 26.4 Å². The van der Waals surface area contributed by atoms with E-state index < -0.39 is 33.8 Å². The van der Waals surface area contributed by atoms with Crippen molar-refractivity contribution in [2.45, 2.75) is 31.0 Å². The molecule has 12 heteroatoms. The fourth-order valence-corrected chi connectivity index (χ4v) is 5.40. The molecule has 1 aliphatic rings. The largest absolute Gasteiger partial charge is 0.467 e. The van der Waals surface area contributed by atoms with Crippen LogP contribution in [0.1, 0.15) is 38.7 Å². The zero-order valence-electron chi connectivity index (χ0n) is 21.3. The first kappa shape index (κ1) is 27.1. The lowest BCUT2D eigenvalue weighted by Crippen LogP contribution is -2.31. The van der Waals surface area contributed by atoms with E-state index in [1.807, 2.05) is 32.0 Å². The van der Waals surface area contributed by atoms with Crippen molar-refractivity contribution in [3.63, 3.8) is 0 Å². The summed E-state index contributed by atoms with van der Waals surface area (Å²) in [5, 5.41) is 2.68. The Morgan fingerprint density at radius 1 is 0.925 bits per heavy atom. The SMILES string of the molecule is Cc1cccc(C)c1-c1cc2nc(n1)NS(=O)(=O)c1cccc(c1)C(=O)NCC(c1ccc(C(F)(F)F)cc1)O2. The highest BCUT2D eigenvalue weighted by Crippen LogP contribution is 2.33. The van der Waals surface area contributed by atoms with Crippen LogP contribution in [-0.2, 0) is 16.2 Å². The van der Waals surface area contributed by atoms with Gasteiger partial charge in [0.2, 0.25) is 11.8 Å². The van der Waals surface area contributed by atoms with Gasteiger partial charge in [0.05, 0.1) is 22.7 Å². The smallest absolute Gasteiger partial charge is 0.416 e. The van der Waals surface area contributed by atoms with Gasteiger partial charge in [-0.2, -0.15) is 18.2 Å². The molecule has 1 unspecified atom stereocenters. The van der Waals surface area contributed by atoms with E-state index >= 15 is 0 Å². The molecule has 0 saturated heterocycles. The number of halogens is 3. The number of carbonyl (C=O) groups is 1. The second kappa shape index (κ2) is 10.3. The van der Waals surface area contributed by atoms with Gasteiger partial charge in [-0.25, -0.2) is 18.1 Å². The number of amides is 1. The zero-order valence-corrected chi connectivity index (χ0v) is 22.1. The van der Waals surface area contributed by atoms with E-state index in [1.54, 1.807) is 0 Å². The van der Waals surface area contributed by atoms with Crippen molar-refractivity contribution in [1.29, 1.82) is 0 Å². The van der Waals surface area contributed by atoms with Gasteiger partial charge in [0.1, 0.15) is 6.10 Å². The Kier molecular flexibility index (Phi) is 6.96. The van der Waals surface area contributed by atoms with Gasteiger partial charge in [-0.3, -0.25) is 4.79 Å². The van der Waals surface area contributed by atoms with E-state index in [-0.39, 0.29) is 28.8 Å². The summed E-state index contributed by atoms with van der Waals surface area (Å²) in [5.41, 5.74) is 2.42. The average Bonchev–Trinajstić information content (AvgIpc) is 2.90. The molecule has 2 heterocycles. The number of alkyl halides is 3. The number of aryl methyl sites for hydroxylation is 2. The maximum atomic E-state index is 13.2. The van der Waals surface area contributed by atoms with Gasteiger partial charge >= 0.3 is 6.18 Å². The fourth-order valence-electron chi connectivity index (χ4n) is 4.41. The van der Waals surface area contributed by atoms with Crippen molar-refractivity contribution in [2.75, 3.05) is 11.3 Å². The van der Waals surface area contributed by atoms with Crippen molar-refractivity contribution in [3.8, 4) is 17.1 Å². The third kappa shape index (κ3) is 5.62. The minimum Gasteiger partial charge on any atom is -0.467 e. The van der Waals surface area contributed by atoms with Crippen LogP contribution in [0.3, 0.4) is 0 Å². The molecular formula is C28H23F3N4O4S. The molecular weight excluding hydrogens is 545 g/mol. The fraction of sp³-hybridized carbons (Fsp3) is 0.179. The number of aromatic nitrogens is 2. The van der Waals surface area contributed by atoms with E-state index in [2.05, 4.69) is 20.0 Å². The second-order valence-electron chi connectivity index (χ2n) is 9.25. The first-order valence-corrected chi connectivity index (χ1v) is 13.6. The average molecular weight is 569 g/mol. The highest BCUT2D eigenvalue weighted by atomic mass is 32.2. The molecule has 1 atom stereocenters. The van der Waals surface area contributed by atoms with Crippen molar-refractivity contribution >= 4 is 21.9 Å². The van der Waals surface area contributed by atoms with Crippen molar-refractivity contribution in [1.82, 2.24) is 15.3 Å². The van der Waals surface area contributed by atoms with Crippen LogP contribution in [-0.4, -0.2) is 30.8 Å². The number of rotatable bonds is 2. The molecule has 40 heavy (non-hydrogen) atoms. The minimum atomic E-state index is -4.53. The Balaban J connectivity index is 1.66. The highest BCUT2D eigenvalue weighted by Gasteiger charge is 2.31. The van der Waals surface area contributed by atoms with E-state index in [1.165, 1.54) is 42.5 Å². The quantitative estimate of drug-likeness (QED) is 0.333. The number of hydrogen-bond acceptors (Lipinski definition) is 6. The lowest BCUT2D eigenvalue weighted by molar-refractivity contribution is -0.137. The molecule has 0 aliphatic carbocycles. The Morgan fingerprint density at radius 2 is 1.60 bits per heavy atom. The van der Waals surface area contributed by atoms with Crippen molar-refractivity contribution < 1.29 is 31.1 Å². The van der Waals surface area contributed by atoms with Gasteiger partial charge in [0.25, 0.3) is 15.9 Å². The molecule has 4 aromatic rings. The molecule has 4 bridgehead atoms. The van der Waals surface area contributed by atoms with Crippen LogP contribution in [0.4, 0.5) is 19.1 Å². The molecule has 2 N–H and O–H groups in total. The molecule has 0 saturated carbocycles. The molecule has 5 rings (SSSR count). The first-order valence-electron chi connectivity index (χ1n) is 12.1. The van der Waals surface area contributed by atoms with Gasteiger partial charge in [-0.15, -0.1) is 0 Å². The Bertz CT molecular complexity index is 1690. The number of carbonyl (C=O) groups excluding carboxylic acids is 1. The lowest BCUT2D eigenvalue weighted by atomic mass is 10.00. The summed E-state index contributed by atoms with van der Waals surface area (Å²) >= 11 is 0. The van der Waals surface area contributed by atoms with Crippen LogP contribution in [0.15, 0.2) is 77.7 Å². The van der Waals surface area contributed by atoms with Crippen molar-refractivity contribution in [3.05, 3.63) is 101 Å². The van der Waals surface area contributed by atoms with Gasteiger partial charge in [-0.05, 0) is 60.9 Å². The number of hydrogen-bond donors (Lipinski definition) is 2. The van der Waals surface area contributed by atoms with E-state index in [4.69, 9.17) is 4.74 Å².